The molecular formula is C48H57N7O7. The van der Waals surface area contributed by atoms with Crippen LogP contribution in [0.4, 0.5) is 0 Å². The van der Waals surface area contributed by atoms with Crippen LogP contribution >= 0.6 is 0 Å². The van der Waals surface area contributed by atoms with Gasteiger partial charge in [0.15, 0.2) is 0 Å². The van der Waals surface area contributed by atoms with E-state index in [4.69, 9.17) is 20.5 Å². The first-order chi connectivity index (χ1) is 29.9. The van der Waals surface area contributed by atoms with Crippen molar-refractivity contribution in [1.29, 1.82) is 5.26 Å². The highest BCUT2D eigenvalue weighted by Gasteiger charge is 2.35. The molecular weight excluding hydrogens is 787 g/mol. The zero-order valence-electron chi connectivity index (χ0n) is 36.1. The largest absolute Gasteiger partial charge is 0.493 e. The molecule has 0 aliphatic carbocycles. The van der Waals surface area contributed by atoms with Gasteiger partial charge in [0.25, 0.3) is 5.91 Å². The van der Waals surface area contributed by atoms with Gasteiger partial charge in [-0.2, -0.15) is 5.26 Å². The molecule has 326 valence electrons. The van der Waals surface area contributed by atoms with Crippen LogP contribution in [0.2, 0.25) is 0 Å². The van der Waals surface area contributed by atoms with Gasteiger partial charge in [0.1, 0.15) is 48.8 Å². The van der Waals surface area contributed by atoms with Gasteiger partial charge in [-0.3, -0.25) is 24.0 Å². The smallest absolute Gasteiger partial charge is 0.251 e. The summed E-state index contributed by atoms with van der Waals surface area (Å²) >= 11 is 0. The number of nitrogens with one attached hydrogen (secondary N) is 4. The summed E-state index contributed by atoms with van der Waals surface area (Å²) in [6, 6.07) is 23.2. The van der Waals surface area contributed by atoms with Crippen molar-refractivity contribution in [2.75, 3.05) is 33.4 Å². The maximum Gasteiger partial charge on any atom is 0.251 e. The van der Waals surface area contributed by atoms with Gasteiger partial charge in [-0.05, 0) is 97.3 Å². The van der Waals surface area contributed by atoms with E-state index in [2.05, 4.69) is 52.5 Å². The van der Waals surface area contributed by atoms with Crippen LogP contribution < -0.4 is 36.5 Å². The molecule has 0 unspecified atom stereocenters. The van der Waals surface area contributed by atoms with Crippen molar-refractivity contribution in [2.45, 2.75) is 84.0 Å². The summed E-state index contributed by atoms with van der Waals surface area (Å²) in [5.41, 5.74) is 11.6. The molecule has 4 aromatic carbocycles. The van der Waals surface area contributed by atoms with E-state index in [0.29, 0.717) is 52.3 Å². The normalized spacial score (nSPS) is 16.6. The molecule has 1 aliphatic heterocycles. The van der Waals surface area contributed by atoms with Gasteiger partial charge in [-0.15, -0.1) is 0 Å². The van der Waals surface area contributed by atoms with Crippen LogP contribution in [0.1, 0.15) is 80.0 Å². The summed E-state index contributed by atoms with van der Waals surface area (Å²) in [6.45, 7) is 7.66. The number of nitriles is 1. The predicted molar refractivity (Wildman–Crippen MR) is 237 cm³/mol. The second kappa shape index (κ2) is 22.2. The summed E-state index contributed by atoms with van der Waals surface area (Å²) in [6.07, 6.45) is 4.04. The van der Waals surface area contributed by atoms with Crippen molar-refractivity contribution in [2.24, 2.45) is 5.73 Å². The first-order valence-electron chi connectivity index (χ1n) is 21.1. The topological polar surface area (TPSA) is 205 Å². The molecule has 0 fully saturated rings. The van der Waals surface area contributed by atoms with Gasteiger partial charge < -0.3 is 41.4 Å². The number of ether oxygens (including phenoxy) is 2. The number of aryl methyl sites for hydroxylation is 1. The third-order valence-corrected chi connectivity index (χ3v) is 10.6. The van der Waals surface area contributed by atoms with Crippen molar-refractivity contribution in [3.63, 3.8) is 0 Å². The van der Waals surface area contributed by atoms with Crippen molar-refractivity contribution in [3.05, 3.63) is 107 Å². The molecule has 5 amide bonds. The number of amides is 5. The Morgan fingerprint density at radius 2 is 1.52 bits per heavy atom. The van der Waals surface area contributed by atoms with E-state index >= 15 is 0 Å². The minimum absolute atomic E-state index is 0.0456. The number of nitrogens with zero attached hydrogens (tertiary/aromatic N) is 2. The summed E-state index contributed by atoms with van der Waals surface area (Å²) < 4.78 is 12.3. The lowest BCUT2D eigenvalue weighted by Gasteiger charge is -2.32. The number of benzene rings is 4. The molecule has 4 aromatic rings. The number of nitrogens with two attached hydrogens (primary N) is 1. The maximum absolute atomic E-state index is 14.4. The van der Waals surface area contributed by atoms with Crippen LogP contribution in [0.25, 0.3) is 22.3 Å². The number of carbonyl (C=O) groups is 5. The molecule has 4 atom stereocenters. The van der Waals surface area contributed by atoms with Crippen LogP contribution in [0.5, 0.6) is 11.5 Å². The molecule has 14 heteroatoms. The Bertz CT molecular complexity index is 2260. The van der Waals surface area contributed by atoms with Crippen LogP contribution in [-0.4, -0.2) is 85.9 Å². The van der Waals surface area contributed by atoms with E-state index in [1.54, 1.807) is 42.5 Å². The van der Waals surface area contributed by atoms with E-state index in [0.717, 1.165) is 30.4 Å². The fraction of sp³-hybridized carbons (Fsp3) is 0.375. The lowest BCUT2D eigenvalue weighted by Crippen LogP contribution is -2.55. The van der Waals surface area contributed by atoms with Gasteiger partial charge in [-0.25, -0.2) is 0 Å². The monoisotopic (exact) mass is 843 g/mol. The quantitative estimate of drug-likeness (QED) is 0.0963. The van der Waals surface area contributed by atoms with Gasteiger partial charge >= 0.3 is 0 Å². The average Bonchev–Trinajstić information content (AvgIpc) is 3.28. The Kier molecular flexibility index (Phi) is 16.6. The Morgan fingerprint density at radius 3 is 2.16 bits per heavy atom. The lowest BCUT2D eigenvalue weighted by molar-refractivity contribution is -0.141. The minimum atomic E-state index is -1.31. The first-order valence-corrected chi connectivity index (χ1v) is 21.1. The van der Waals surface area contributed by atoms with E-state index in [1.807, 2.05) is 31.2 Å². The third-order valence-electron chi connectivity index (χ3n) is 10.6. The van der Waals surface area contributed by atoms with Gasteiger partial charge in [-0.1, -0.05) is 68.8 Å². The van der Waals surface area contributed by atoms with Crippen LogP contribution in [-0.2, 0) is 32.0 Å². The highest BCUT2D eigenvalue weighted by atomic mass is 16.5. The highest BCUT2D eigenvalue weighted by molar-refractivity contribution is 5.99. The second-order valence-electron chi connectivity index (χ2n) is 15.4. The van der Waals surface area contributed by atoms with Gasteiger partial charge in [0, 0.05) is 36.7 Å². The summed E-state index contributed by atoms with van der Waals surface area (Å²) in [5, 5.41) is 19.9. The molecule has 0 radical (unpaired) electrons. The number of hydrogen-bond acceptors (Lipinski definition) is 9. The fourth-order valence-electron chi connectivity index (χ4n) is 7.21. The summed E-state index contributed by atoms with van der Waals surface area (Å²) in [5.74, 6) is -2.08. The van der Waals surface area contributed by atoms with Crippen molar-refractivity contribution in [1.82, 2.24) is 26.2 Å². The van der Waals surface area contributed by atoms with E-state index in [-0.39, 0.29) is 26.1 Å². The maximum atomic E-state index is 14.4. The molecule has 0 aromatic heterocycles. The standard InChI is InChI=1S/C48H57N7O7/c1-6-8-9-32-10-13-34(14-11-32)35-15-17-36(18-16-35)45(57)53-31(4)48(60)55(5)43-37-19-21-42(62-26-23-50)39(29-37)38-27-33(12-20-41(38)61-25-7-2)28-40(46(58)51-24-22-49)54-44(56)30(3)52-47(43)59/h10-21,27,29-31,40,43H,6-9,23-26,28,50H2,1-5H3,(H,51,58)(H,52,59)(H,53,57)(H,54,56)/t30-,31-,40-,43-/m0/s1. The highest BCUT2D eigenvalue weighted by Crippen LogP contribution is 2.40. The van der Waals surface area contributed by atoms with Crippen LogP contribution in [0.3, 0.4) is 0 Å². The summed E-state index contributed by atoms with van der Waals surface area (Å²) in [7, 11) is 1.45. The third kappa shape index (κ3) is 11.8. The van der Waals surface area contributed by atoms with E-state index < -0.39 is 53.7 Å². The Labute approximate surface area is 363 Å². The van der Waals surface area contributed by atoms with Crippen molar-refractivity contribution >= 4 is 29.5 Å². The van der Waals surface area contributed by atoms with Crippen LogP contribution in [0, 0.1) is 11.3 Å². The van der Waals surface area contributed by atoms with E-state index in [1.165, 1.54) is 31.4 Å². The zero-order valence-corrected chi connectivity index (χ0v) is 36.1. The number of likely N-dealkylation sites (N-methyl/N-ethyl adjacent to an activating group) is 1. The van der Waals surface area contributed by atoms with E-state index in [9.17, 15) is 24.0 Å². The number of fused-ring (bicyclic) bond motifs is 5. The summed E-state index contributed by atoms with van der Waals surface area (Å²) in [4.78, 5) is 70.3. The van der Waals surface area contributed by atoms with Crippen molar-refractivity contribution in [3.8, 4) is 39.8 Å². The molecule has 1 heterocycles. The minimum Gasteiger partial charge on any atom is -0.493 e. The van der Waals surface area contributed by atoms with Gasteiger partial charge in [0.2, 0.25) is 23.6 Å². The van der Waals surface area contributed by atoms with Crippen molar-refractivity contribution < 1.29 is 33.4 Å². The molecule has 62 heavy (non-hydrogen) atoms. The molecule has 14 nitrogen and oxygen atoms in total. The lowest BCUT2D eigenvalue weighted by atomic mass is 9.93. The zero-order chi connectivity index (χ0) is 44.8. The molecule has 4 bridgehead atoms. The SMILES string of the molecule is CCCCc1ccc(-c2ccc(C(=O)N[C@@H](C)C(=O)N(C)[C@@H]3C(=O)N[C@@H](C)C(=O)N[C@H](C(=O)NCC#N)Cc4ccc(OCCC)c(c4)-c4cc3ccc4OCCN)cc2)cc1. The molecule has 6 N–H and O–H groups in total. The Hall–Kier alpha value is -6.72. The number of carbonyl (C=O) groups excluding carboxylic acids is 5. The number of rotatable bonds is 16. The first kappa shape index (κ1) is 46.3. The number of hydrogen-bond donors (Lipinski definition) is 5. The average molecular weight is 844 g/mol. The fourth-order valence-corrected chi connectivity index (χ4v) is 7.21. The second-order valence-corrected chi connectivity index (χ2v) is 15.4. The predicted octanol–water partition coefficient (Wildman–Crippen LogP) is 4.99. The number of unbranched alkanes of at least 4 members (excludes halogenated alkanes) is 1. The molecule has 0 spiro atoms. The molecule has 0 saturated heterocycles. The van der Waals surface area contributed by atoms with Crippen LogP contribution in [0.15, 0.2) is 84.9 Å². The molecule has 0 saturated carbocycles. The van der Waals surface area contributed by atoms with Gasteiger partial charge in [0.05, 0.1) is 12.7 Å². The molecule has 5 rings (SSSR count). The Balaban J connectivity index is 1.49. The molecule has 1 aliphatic rings. The Morgan fingerprint density at radius 1 is 0.871 bits per heavy atom.